The molecule has 0 saturated carbocycles. The fourth-order valence-electron chi connectivity index (χ4n) is 4.40. The lowest BCUT2D eigenvalue weighted by Crippen LogP contribution is -2.45. The molecule has 0 radical (unpaired) electrons. The second kappa shape index (κ2) is 8.23. The van der Waals surface area contributed by atoms with Crippen molar-refractivity contribution in [1.29, 1.82) is 0 Å². The molecule has 0 aromatic carbocycles. The van der Waals surface area contributed by atoms with E-state index in [4.69, 9.17) is 18.9 Å². The van der Waals surface area contributed by atoms with Crippen molar-refractivity contribution in [3.63, 3.8) is 0 Å². The summed E-state index contributed by atoms with van der Waals surface area (Å²) < 4.78 is 19.6. The lowest BCUT2D eigenvalue weighted by Gasteiger charge is -2.37. The van der Waals surface area contributed by atoms with Crippen LogP contribution in [0.25, 0.3) is 0 Å². The lowest BCUT2D eigenvalue weighted by atomic mass is 9.66. The Hall–Kier alpha value is -2.90. The predicted molar refractivity (Wildman–Crippen MR) is 101 cm³/mol. The predicted octanol–water partition coefficient (Wildman–Crippen LogP) is 2.04. The number of hydrogen-bond acceptors (Lipinski definition) is 8. The molecule has 158 valence electrons. The van der Waals surface area contributed by atoms with Crippen LogP contribution in [-0.4, -0.2) is 52.3 Å². The van der Waals surface area contributed by atoms with E-state index in [9.17, 15) is 19.2 Å². The van der Waals surface area contributed by atoms with Crippen LogP contribution in [0.5, 0.6) is 0 Å². The van der Waals surface area contributed by atoms with Crippen molar-refractivity contribution < 1.29 is 38.1 Å². The molecule has 0 unspecified atom stereocenters. The fraction of sp³-hybridized carbons (Fsp3) is 0.524. The zero-order chi connectivity index (χ0) is 22.0. The van der Waals surface area contributed by atoms with Crippen LogP contribution in [0, 0.1) is 10.8 Å². The van der Waals surface area contributed by atoms with Crippen LogP contribution in [0.15, 0.2) is 35.5 Å². The molecule has 0 saturated heterocycles. The molecule has 2 aliphatic carbocycles. The first kappa shape index (κ1) is 22.4. The molecule has 0 N–H and O–H groups in total. The van der Waals surface area contributed by atoms with Gasteiger partial charge in [0, 0.05) is 0 Å². The van der Waals surface area contributed by atoms with Gasteiger partial charge in [-0.25, -0.2) is 0 Å². The van der Waals surface area contributed by atoms with Crippen LogP contribution in [0.2, 0.25) is 0 Å². The summed E-state index contributed by atoms with van der Waals surface area (Å²) in [6.07, 6.45) is 0.263. The zero-order valence-corrected chi connectivity index (χ0v) is 17.2. The first-order valence-electron chi connectivity index (χ1n) is 9.05. The number of methoxy groups -OCH3 is 4. The zero-order valence-electron chi connectivity index (χ0n) is 17.2. The van der Waals surface area contributed by atoms with Crippen LogP contribution in [-0.2, 0) is 38.1 Å². The van der Waals surface area contributed by atoms with Gasteiger partial charge in [0.15, 0.2) is 10.8 Å². The largest absolute Gasteiger partial charge is 0.468 e. The van der Waals surface area contributed by atoms with E-state index in [2.05, 4.69) is 13.2 Å². The van der Waals surface area contributed by atoms with Crippen LogP contribution >= 0.6 is 0 Å². The Labute approximate surface area is 169 Å². The first-order chi connectivity index (χ1) is 13.6. The first-order valence-corrected chi connectivity index (χ1v) is 9.05. The highest BCUT2D eigenvalue weighted by molar-refractivity contribution is 6.03. The summed E-state index contributed by atoms with van der Waals surface area (Å²) in [5.74, 6) is -3.03. The molecule has 8 nitrogen and oxygen atoms in total. The molecule has 8 heteroatoms. The summed E-state index contributed by atoms with van der Waals surface area (Å²) >= 11 is 0. The van der Waals surface area contributed by atoms with E-state index < -0.39 is 34.7 Å². The minimum Gasteiger partial charge on any atom is -0.468 e. The molecule has 0 fully saturated rings. The van der Waals surface area contributed by atoms with Gasteiger partial charge in [-0.2, -0.15) is 0 Å². The van der Waals surface area contributed by atoms with Gasteiger partial charge in [0.05, 0.1) is 28.4 Å². The summed E-state index contributed by atoms with van der Waals surface area (Å²) in [5, 5.41) is 0. The van der Waals surface area contributed by atoms with Gasteiger partial charge in [0.25, 0.3) is 0 Å². The monoisotopic (exact) mass is 406 g/mol. The Bertz CT molecular complexity index is 785. The molecule has 0 spiro atoms. The third-order valence-electron chi connectivity index (χ3n) is 5.76. The minimum atomic E-state index is -1.65. The maximum Gasteiger partial charge on any atom is 0.323 e. The van der Waals surface area contributed by atoms with Crippen molar-refractivity contribution in [2.24, 2.45) is 10.8 Å². The summed E-state index contributed by atoms with van der Waals surface area (Å²) in [6.45, 7) is 8.10. The highest BCUT2D eigenvalue weighted by atomic mass is 16.6. The molecule has 0 bridgehead atoms. The van der Waals surface area contributed by atoms with Crippen LogP contribution in [0.1, 0.15) is 32.1 Å². The van der Waals surface area contributed by atoms with Gasteiger partial charge in [-0.15, -0.1) is 0 Å². The Morgan fingerprint density at radius 1 is 0.690 bits per heavy atom. The number of esters is 4. The molecule has 0 aromatic rings. The topological polar surface area (TPSA) is 105 Å². The average molecular weight is 406 g/mol. The van der Waals surface area contributed by atoms with Crippen molar-refractivity contribution in [2.45, 2.75) is 32.1 Å². The van der Waals surface area contributed by atoms with E-state index >= 15 is 0 Å². The second-order valence-electron chi connectivity index (χ2n) is 7.35. The van der Waals surface area contributed by atoms with Crippen molar-refractivity contribution in [1.82, 2.24) is 0 Å². The summed E-state index contributed by atoms with van der Waals surface area (Å²) in [6, 6.07) is 0. The molecule has 2 rings (SSSR count). The quantitative estimate of drug-likeness (QED) is 0.397. The third kappa shape index (κ3) is 3.47. The standard InChI is InChI=1S/C21H26O8/c1-12-7-8-20(16(22)26-3,17(23)27-4)10-14-11-21(18(24)28-5,19(25)29-6)9-13(2)15(12)14/h1-2,7-11H2,3-6H3. The number of carbonyl (C=O) groups is 4. The molecule has 0 atom stereocenters. The number of hydrogen-bond donors (Lipinski definition) is 0. The summed E-state index contributed by atoms with van der Waals surface area (Å²) in [5.41, 5.74) is -0.889. The molecule has 0 heterocycles. The van der Waals surface area contributed by atoms with Crippen LogP contribution in [0.3, 0.4) is 0 Å². The average Bonchev–Trinajstić information content (AvgIpc) is 2.88. The maximum atomic E-state index is 12.7. The highest BCUT2D eigenvalue weighted by Crippen LogP contribution is 2.52. The van der Waals surface area contributed by atoms with E-state index in [-0.39, 0.29) is 25.7 Å². The van der Waals surface area contributed by atoms with Gasteiger partial charge in [0.2, 0.25) is 0 Å². The molecule has 0 aromatic heterocycles. The Kier molecular flexibility index (Phi) is 6.35. The maximum absolute atomic E-state index is 12.7. The molecular formula is C21H26O8. The summed E-state index contributed by atoms with van der Waals surface area (Å²) in [7, 11) is 4.74. The summed E-state index contributed by atoms with van der Waals surface area (Å²) in [4.78, 5) is 50.6. The fourth-order valence-corrected chi connectivity index (χ4v) is 4.40. The van der Waals surface area contributed by atoms with Crippen molar-refractivity contribution in [3.05, 3.63) is 35.5 Å². The normalized spacial score (nSPS) is 20.1. The molecule has 29 heavy (non-hydrogen) atoms. The lowest BCUT2D eigenvalue weighted by molar-refractivity contribution is -0.169. The second-order valence-corrected chi connectivity index (χ2v) is 7.35. The van der Waals surface area contributed by atoms with Gasteiger partial charge >= 0.3 is 23.9 Å². The molecule has 2 aliphatic rings. The molecule has 0 amide bonds. The van der Waals surface area contributed by atoms with Crippen LogP contribution in [0.4, 0.5) is 0 Å². The van der Waals surface area contributed by atoms with Gasteiger partial charge in [-0.05, 0) is 48.8 Å². The Balaban J connectivity index is 2.68. The van der Waals surface area contributed by atoms with Crippen molar-refractivity contribution >= 4 is 23.9 Å². The van der Waals surface area contributed by atoms with E-state index in [0.29, 0.717) is 28.7 Å². The Morgan fingerprint density at radius 2 is 1.10 bits per heavy atom. The third-order valence-corrected chi connectivity index (χ3v) is 5.76. The number of allylic oxidation sites excluding steroid dienone is 4. The van der Waals surface area contributed by atoms with E-state index in [0.717, 1.165) is 0 Å². The number of carbonyl (C=O) groups excluding carboxylic acids is 4. The van der Waals surface area contributed by atoms with E-state index in [1.165, 1.54) is 28.4 Å². The van der Waals surface area contributed by atoms with E-state index in [1.54, 1.807) is 0 Å². The van der Waals surface area contributed by atoms with Crippen molar-refractivity contribution in [2.75, 3.05) is 28.4 Å². The Morgan fingerprint density at radius 3 is 1.55 bits per heavy atom. The van der Waals surface area contributed by atoms with Crippen molar-refractivity contribution in [3.8, 4) is 0 Å². The van der Waals surface area contributed by atoms with Gasteiger partial charge in [-0.3, -0.25) is 19.2 Å². The highest BCUT2D eigenvalue weighted by Gasteiger charge is 2.56. The number of ether oxygens (including phenoxy) is 4. The van der Waals surface area contributed by atoms with E-state index in [1.807, 2.05) is 0 Å². The van der Waals surface area contributed by atoms with Crippen LogP contribution < -0.4 is 0 Å². The smallest absolute Gasteiger partial charge is 0.323 e. The van der Waals surface area contributed by atoms with Gasteiger partial charge in [0.1, 0.15) is 0 Å². The molecular weight excluding hydrogens is 380 g/mol. The minimum absolute atomic E-state index is 0.00630. The van der Waals surface area contributed by atoms with Gasteiger partial charge < -0.3 is 18.9 Å². The SMILES string of the molecule is C=C1CCC(C(=O)OC)(C(=O)OC)CC2=C1C(=C)CC(C(=O)OC)(C(=O)OC)C2. The molecule has 0 aliphatic heterocycles. The number of rotatable bonds is 4. The van der Waals surface area contributed by atoms with Gasteiger partial charge in [-0.1, -0.05) is 18.7 Å².